The first-order valence-electron chi connectivity index (χ1n) is 1.71. The van der Waals surface area contributed by atoms with Crippen molar-refractivity contribution in [1.29, 1.82) is 0 Å². The number of halogens is 1. The summed E-state index contributed by atoms with van der Waals surface area (Å²) >= 11 is 0. The van der Waals surface area contributed by atoms with Crippen LogP contribution in [0.2, 0.25) is 0 Å². The van der Waals surface area contributed by atoms with Crippen molar-refractivity contribution in [2.75, 3.05) is 13.2 Å². The molecule has 0 amide bonds. The normalized spacial score (nSPS) is 7.50. The Hall–Kier alpha value is 1.17. The van der Waals surface area contributed by atoms with Crippen LogP contribution in [0.25, 0.3) is 0 Å². The third-order valence-electron chi connectivity index (χ3n) is 0.421. The Kier molecular flexibility index (Phi) is 22.2. The van der Waals surface area contributed by atoms with Crippen molar-refractivity contribution >= 4 is 0 Å². The number of aliphatic hydroxyl groups is 3. The predicted octanol–water partition coefficient (Wildman–Crippen LogP) is -7.66. The maximum Gasteiger partial charge on any atom is 1.00 e. The summed E-state index contributed by atoms with van der Waals surface area (Å²) in [5, 5.41) is 24.0. The summed E-state index contributed by atoms with van der Waals surface area (Å²) in [7, 11) is 0. The molecule has 5 heteroatoms. The van der Waals surface area contributed by atoms with Gasteiger partial charge in [0, 0.05) is 0 Å². The fourth-order valence-corrected chi connectivity index (χ4v) is 0.0577. The molecule has 0 aromatic rings. The molecule has 0 unspecified atom stereocenters. The van der Waals surface area contributed by atoms with Gasteiger partial charge in [0.2, 0.25) is 0 Å². The Balaban J connectivity index is -0.000000125. The Morgan fingerprint density at radius 2 is 1.38 bits per heavy atom. The van der Waals surface area contributed by atoms with Crippen LogP contribution >= 0.6 is 0 Å². The van der Waals surface area contributed by atoms with E-state index in [1.807, 2.05) is 0 Å². The second-order valence-electron chi connectivity index (χ2n) is 1.02. The molecule has 46 valence electrons. The van der Waals surface area contributed by atoms with Crippen LogP contribution in [0.3, 0.4) is 0 Å². The van der Waals surface area contributed by atoms with Gasteiger partial charge in [0.05, 0.1) is 13.2 Å². The average Bonchev–Trinajstić information content (AvgIpc) is 1.65. The first-order chi connectivity index (χ1) is 2.81. The first-order valence-corrected chi connectivity index (χ1v) is 1.71. The van der Waals surface area contributed by atoms with Crippen molar-refractivity contribution in [3.05, 3.63) is 0 Å². The van der Waals surface area contributed by atoms with Gasteiger partial charge in [0.15, 0.2) is 0 Å². The molecule has 0 aliphatic rings. The Morgan fingerprint density at radius 3 is 1.38 bits per heavy atom. The summed E-state index contributed by atoms with van der Waals surface area (Å²) in [6.07, 6.45) is -0.954. The van der Waals surface area contributed by atoms with Crippen LogP contribution < -0.4 is 42.0 Å². The van der Waals surface area contributed by atoms with Crippen LogP contribution in [0, 0.1) is 0 Å². The van der Waals surface area contributed by atoms with Crippen LogP contribution in [0.1, 0.15) is 0 Å². The number of hydrogen-bond donors (Lipinski definition) is 3. The van der Waals surface area contributed by atoms with Gasteiger partial charge in [0.1, 0.15) is 6.10 Å². The van der Waals surface area contributed by atoms with E-state index in [1.54, 1.807) is 0 Å². The molecule has 0 heterocycles. The van der Waals surface area contributed by atoms with Crippen molar-refractivity contribution in [2.45, 2.75) is 6.10 Å². The number of rotatable bonds is 2. The molecule has 3 nitrogen and oxygen atoms in total. The zero-order valence-corrected chi connectivity index (χ0v) is 7.47. The number of hydrogen-bond acceptors (Lipinski definition) is 3. The first kappa shape index (κ1) is 16.1. The fraction of sp³-hybridized carbons (Fsp3) is 1.00. The van der Waals surface area contributed by atoms with Crippen molar-refractivity contribution < 1.29 is 57.3 Å². The fourth-order valence-electron chi connectivity index (χ4n) is 0.0577. The van der Waals surface area contributed by atoms with Gasteiger partial charge in [-0.25, -0.2) is 0 Å². The van der Waals surface area contributed by atoms with Crippen LogP contribution in [-0.4, -0.2) is 34.6 Å². The van der Waals surface area contributed by atoms with E-state index < -0.39 is 6.10 Å². The minimum atomic E-state index is -0.954. The monoisotopic (exact) mass is 150 g/mol. The minimum absolute atomic E-state index is 0. The molecule has 0 aromatic heterocycles. The molecule has 8 heavy (non-hydrogen) atoms. The van der Waals surface area contributed by atoms with Crippen LogP contribution in [0.15, 0.2) is 0 Å². The van der Waals surface area contributed by atoms with E-state index in [4.69, 9.17) is 15.3 Å². The standard InChI is InChI=1S/C3H8O3.ClH.Na/c4-1-3(6)2-5;;/h3-6H,1-2H2;1H;/q;;+1/p-1. The third kappa shape index (κ3) is 10.2. The summed E-state index contributed by atoms with van der Waals surface area (Å²) < 4.78 is 0. The zero-order valence-electron chi connectivity index (χ0n) is 4.71. The van der Waals surface area contributed by atoms with Crippen molar-refractivity contribution in [3.8, 4) is 0 Å². The minimum Gasteiger partial charge on any atom is -1.00 e. The van der Waals surface area contributed by atoms with E-state index >= 15 is 0 Å². The molecule has 3 N–H and O–H groups in total. The second-order valence-corrected chi connectivity index (χ2v) is 1.02. The molecular formula is C3H8ClNaO3. The molecule has 0 atom stereocenters. The van der Waals surface area contributed by atoms with Crippen LogP contribution in [-0.2, 0) is 0 Å². The molecule has 0 saturated heterocycles. The third-order valence-corrected chi connectivity index (χ3v) is 0.421. The second kappa shape index (κ2) is 11.0. The Morgan fingerprint density at radius 1 is 1.12 bits per heavy atom. The van der Waals surface area contributed by atoms with Gasteiger partial charge >= 0.3 is 29.6 Å². The summed E-state index contributed by atoms with van der Waals surface area (Å²) in [5.74, 6) is 0. The van der Waals surface area contributed by atoms with Crippen LogP contribution in [0.5, 0.6) is 0 Å². The molecule has 0 radical (unpaired) electrons. The van der Waals surface area contributed by atoms with Gasteiger partial charge in [-0.3, -0.25) is 0 Å². The largest absolute Gasteiger partial charge is 1.00 e. The molecule has 0 fully saturated rings. The van der Waals surface area contributed by atoms with Crippen LogP contribution in [0.4, 0.5) is 0 Å². The molecule has 0 bridgehead atoms. The summed E-state index contributed by atoms with van der Waals surface area (Å²) in [5.41, 5.74) is 0. The molecule has 0 aliphatic heterocycles. The molecule has 0 saturated carbocycles. The Bertz CT molecular complexity index is 33.7. The zero-order chi connectivity index (χ0) is 4.99. The van der Waals surface area contributed by atoms with E-state index in [2.05, 4.69) is 0 Å². The molecule has 0 rings (SSSR count). The SMILES string of the molecule is OCC(O)CO.[Cl-].[Na+]. The van der Waals surface area contributed by atoms with Crippen molar-refractivity contribution in [2.24, 2.45) is 0 Å². The van der Waals surface area contributed by atoms with Crippen molar-refractivity contribution in [3.63, 3.8) is 0 Å². The molecule has 0 aromatic carbocycles. The van der Waals surface area contributed by atoms with E-state index in [-0.39, 0.29) is 55.2 Å². The van der Waals surface area contributed by atoms with E-state index in [0.29, 0.717) is 0 Å². The van der Waals surface area contributed by atoms with Gasteiger partial charge in [-0.15, -0.1) is 0 Å². The topological polar surface area (TPSA) is 60.7 Å². The van der Waals surface area contributed by atoms with Gasteiger partial charge in [-0.1, -0.05) is 0 Å². The summed E-state index contributed by atoms with van der Waals surface area (Å²) in [4.78, 5) is 0. The predicted molar refractivity (Wildman–Crippen MR) is 20.2 cm³/mol. The maximum absolute atomic E-state index is 8.17. The van der Waals surface area contributed by atoms with E-state index in [1.165, 1.54) is 0 Å². The molecular weight excluding hydrogens is 142 g/mol. The smallest absolute Gasteiger partial charge is 1.00 e. The van der Waals surface area contributed by atoms with Gasteiger partial charge in [-0.2, -0.15) is 0 Å². The maximum atomic E-state index is 8.17. The quantitative estimate of drug-likeness (QED) is 0.343. The Labute approximate surface area is 76.4 Å². The van der Waals surface area contributed by atoms with Crippen molar-refractivity contribution in [1.82, 2.24) is 0 Å². The summed E-state index contributed by atoms with van der Waals surface area (Å²) in [6, 6.07) is 0. The van der Waals surface area contributed by atoms with E-state index in [0.717, 1.165) is 0 Å². The summed E-state index contributed by atoms with van der Waals surface area (Å²) in [6.45, 7) is -0.729. The number of aliphatic hydroxyl groups excluding tert-OH is 3. The average molecular weight is 151 g/mol. The molecule has 0 spiro atoms. The van der Waals surface area contributed by atoms with Gasteiger partial charge < -0.3 is 27.7 Å². The van der Waals surface area contributed by atoms with E-state index in [9.17, 15) is 0 Å². The van der Waals surface area contributed by atoms with Gasteiger partial charge in [-0.05, 0) is 0 Å². The van der Waals surface area contributed by atoms with Gasteiger partial charge in [0.25, 0.3) is 0 Å². The molecule has 0 aliphatic carbocycles.